The lowest BCUT2D eigenvalue weighted by Gasteiger charge is -2.02. The normalized spacial score (nSPS) is 18.1. The fraction of sp³-hybridized carbons (Fsp3) is 0. The van der Waals surface area contributed by atoms with Gasteiger partial charge in [-0.15, -0.1) is 0 Å². The fourth-order valence-electron chi connectivity index (χ4n) is 0.892. The van der Waals surface area contributed by atoms with Gasteiger partial charge in [-0.05, 0) is 35.3 Å². The van der Waals surface area contributed by atoms with Gasteiger partial charge in [0.05, 0.1) is 11.0 Å². The molecule has 0 amide bonds. The van der Waals surface area contributed by atoms with Gasteiger partial charge in [-0.1, -0.05) is 56.0 Å². The summed E-state index contributed by atoms with van der Waals surface area (Å²) in [5.74, 6) is 0. The highest BCUT2D eigenvalue weighted by Crippen LogP contribution is 2.25. The number of rotatable bonds is 1. The molecule has 0 aliphatic heterocycles. The molecule has 0 saturated carbocycles. The molecule has 0 bridgehead atoms. The third kappa shape index (κ3) is 2.25. The average molecular weight is 320 g/mol. The first-order valence-electron chi connectivity index (χ1n) is 7.63. The van der Waals surface area contributed by atoms with Gasteiger partial charge in [0.1, 0.15) is 0 Å². The molecule has 0 atom stereocenters. The van der Waals surface area contributed by atoms with E-state index in [0.29, 0.717) is 0 Å². The van der Waals surface area contributed by atoms with Gasteiger partial charge in [0.25, 0.3) is 0 Å². The lowest BCUT2D eigenvalue weighted by atomic mass is 10.1. The van der Waals surface area contributed by atoms with Crippen molar-refractivity contribution in [1.29, 1.82) is 0 Å². The van der Waals surface area contributed by atoms with E-state index >= 15 is 0 Å². The van der Waals surface area contributed by atoms with E-state index in [0.717, 1.165) is 0 Å². The molecule has 2 aromatic carbocycles. The summed E-state index contributed by atoms with van der Waals surface area (Å²) < 4.78 is 62.8. The SMILES string of the molecule is [2H]c1c([2H])c(Br)c([2H])c(-c2c([2H])c([2H])c([2H])c(Br)c2[2H])c1[2H]. The summed E-state index contributed by atoms with van der Waals surface area (Å²) in [5.41, 5.74) is -0.339. The van der Waals surface area contributed by atoms with Crippen LogP contribution in [0.15, 0.2) is 57.3 Å². The summed E-state index contributed by atoms with van der Waals surface area (Å²) in [5, 5.41) is 0. The summed E-state index contributed by atoms with van der Waals surface area (Å²) in [6.07, 6.45) is 0. The van der Waals surface area contributed by atoms with E-state index in [1.54, 1.807) is 0 Å². The van der Waals surface area contributed by atoms with E-state index in [4.69, 9.17) is 11.0 Å². The molecule has 0 aromatic heterocycles. The van der Waals surface area contributed by atoms with Crippen LogP contribution in [0.5, 0.6) is 0 Å². The second kappa shape index (κ2) is 4.28. The van der Waals surface area contributed by atoms with E-state index in [1.807, 2.05) is 0 Å². The molecule has 0 unspecified atom stereocenters. The first kappa shape index (κ1) is 4.11. The smallest absolute Gasteiger partial charge is 0.0605 e. The van der Waals surface area contributed by atoms with Crippen LogP contribution in [0.4, 0.5) is 0 Å². The van der Waals surface area contributed by atoms with Crippen molar-refractivity contribution in [2.45, 2.75) is 0 Å². The second-order valence-corrected chi connectivity index (χ2v) is 3.96. The van der Waals surface area contributed by atoms with Crippen LogP contribution in [-0.2, 0) is 0 Å². The van der Waals surface area contributed by atoms with Crippen LogP contribution in [0, 0.1) is 0 Å². The number of hydrogen-bond donors (Lipinski definition) is 0. The zero-order chi connectivity index (χ0) is 16.9. The highest BCUT2D eigenvalue weighted by molar-refractivity contribution is 9.10. The first-order chi connectivity index (χ1) is 10.1. The van der Waals surface area contributed by atoms with Crippen molar-refractivity contribution in [3.63, 3.8) is 0 Å². The summed E-state index contributed by atoms with van der Waals surface area (Å²) in [6.45, 7) is 0. The standard InChI is InChI=1S/C12H8Br2/c13-11-5-1-3-9(7-11)10-4-2-6-12(14)8-10/h1-8H/i1D,2D,3D,4D,5D,6D,7D,8D. The van der Waals surface area contributed by atoms with Crippen molar-refractivity contribution in [3.8, 4) is 11.1 Å². The molecule has 2 aromatic rings. The van der Waals surface area contributed by atoms with Crippen molar-refractivity contribution < 1.29 is 11.0 Å². The van der Waals surface area contributed by atoms with Gasteiger partial charge >= 0.3 is 0 Å². The van der Waals surface area contributed by atoms with E-state index < -0.39 is 24.2 Å². The minimum Gasteiger partial charge on any atom is -0.0605 e. The van der Waals surface area contributed by atoms with E-state index in [9.17, 15) is 0 Å². The van der Waals surface area contributed by atoms with Crippen LogP contribution >= 0.6 is 31.9 Å². The van der Waals surface area contributed by atoms with Gasteiger partial charge in [0.15, 0.2) is 0 Å². The Morgan fingerprint density at radius 1 is 0.786 bits per heavy atom. The minimum absolute atomic E-state index is 0.0140. The Morgan fingerprint density at radius 3 is 1.64 bits per heavy atom. The molecular weight excluding hydrogens is 304 g/mol. The molecule has 0 nitrogen and oxygen atoms in total. The highest BCUT2D eigenvalue weighted by atomic mass is 79.9. The summed E-state index contributed by atoms with van der Waals surface area (Å²) in [7, 11) is 0. The van der Waals surface area contributed by atoms with Crippen LogP contribution in [0.2, 0.25) is 0 Å². The maximum Gasteiger partial charge on any atom is 0.0641 e. The fourth-order valence-corrected chi connectivity index (χ4v) is 1.49. The van der Waals surface area contributed by atoms with Crippen LogP contribution < -0.4 is 0 Å². The van der Waals surface area contributed by atoms with Crippen molar-refractivity contribution in [3.05, 3.63) is 57.3 Å². The summed E-state index contributed by atoms with van der Waals surface area (Å²) in [6, 6.07) is -3.01. The van der Waals surface area contributed by atoms with Crippen LogP contribution in [-0.4, -0.2) is 0 Å². The predicted molar refractivity (Wildman–Crippen MR) is 67.3 cm³/mol. The molecule has 0 aliphatic rings. The van der Waals surface area contributed by atoms with Gasteiger partial charge in [-0.3, -0.25) is 0 Å². The Balaban J connectivity index is 3.03. The molecule has 14 heavy (non-hydrogen) atoms. The van der Waals surface area contributed by atoms with Crippen molar-refractivity contribution >= 4 is 31.9 Å². The molecular formula is C12H8Br2. The molecule has 0 saturated heterocycles. The molecule has 70 valence electrons. The zero-order valence-corrected chi connectivity index (χ0v) is 9.93. The van der Waals surface area contributed by atoms with Crippen LogP contribution in [0.25, 0.3) is 11.1 Å². The van der Waals surface area contributed by atoms with Gasteiger partial charge in [-0.25, -0.2) is 0 Å². The van der Waals surface area contributed by atoms with Crippen molar-refractivity contribution in [1.82, 2.24) is 0 Å². The Hall–Kier alpha value is -0.600. The summed E-state index contributed by atoms with van der Waals surface area (Å²) in [4.78, 5) is 0. The molecule has 0 aliphatic carbocycles. The van der Waals surface area contributed by atoms with Crippen molar-refractivity contribution in [2.24, 2.45) is 0 Å². The molecule has 0 heterocycles. The second-order valence-electron chi connectivity index (χ2n) is 2.38. The Labute approximate surface area is 111 Å². The molecule has 2 heteroatoms. The molecule has 0 spiro atoms. The van der Waals surface area contributed by atoms with E-state index in [-0.39, 0.29) is 44.2 Å². The number of hydrogen-bond acceptors (Lipinski definition) is 0. The maximum atomic E-state index is 8.04. The first-order valence-corrected chi connectivity index (χ1v) is 5.21. The number of benzene rings is 2. The Bertz CT molecular complexity index is 677. The topological polar surface area (TPSA) is 0 Å². The molecule has 0 fully saturated rings. The largest absolute Gasteiger partial charge is 0.0641 e. The van der Waals surface area contributed by atoms with Gasteiger partial charge in [0, 0.05) is 8.95 Å². The van der Waals surface area contributed by atoms with Gasteiger partial charge in [-0.2, -0.15) is 0 Å². The molecule has 0 radical (unpaired) electrons. The summed E-state index contributed by atoms with van der Waals surface area (Å²) >= 11 is 6.03. The predicted octanol–water partition coefficient (Wildman–Crippen LogP) is 4.88. The molecule has 2 rings (SSSR count). The average Bonchev–Trinajstić information content (AvgIpc) is 2.50. The third-order valence-corrected chi connectivity index (χ3v) is 2.23. The van der Waals surface area contributed by atoms with Gasteiger partial charge < -0.3 is 0 Å². The van der Waals surface area contributed by atoms with Crippen LogP contribution in [0.1, 0.15) is 11.0 Å². The Morgan fingerprint density at radius 2 is 1.21 bits per heavy atom. The Kier molecular flexibility index (Phi) is 1.26. The monoisotopic (exact) mass is 318 g/mol. The zero-order valence-electron chi connectivity index (χ0n) is 14.8. The highest BCUT2D eigenvalue weighted by Gasteiger charge is 1.97. The van der Waals surface area contributed by atoms with Gasteiger partial charge in [0.2, 0.25) is 0 Å². The lowest BCUT2D eigenvalue weighted by Crippen LogP contribution is -1.77. The third-order valence-electron chi connectivity index (χ3n) is 1.44. The van der Waals surface area contributed by atoms with Crippen LogP contribution in [0.3, 0.4) is 0 Å². The molecule has 0 N–H and O–H groups in total. The van der Waals surface area contributed by atoms with Crippen molar-refractivity contribution in [2.75, 3.05) is 0 Å². The maximum absolute atomic E-state index is 8.04. The minimum atomic E-state index is -0.454. The van der Waals surface area contributed by atoms with E-state index in [1.165, 1.54) is 0 Å². The van der Waals surface area contributed by atoms with E-state index in [2.05, 4.69) is 31.9 Å². The lowest BCUT2D eigenvalue weighted by molar-refractivity contribution is 1.57. The number of halogens is 2. The quantitative estimate of drug-likeness (QED) is 0.703.